The van der Waals surface area contributed by atoms with Gasteiger partial charge >= 0.3 is 0 Å². The second-order valence-electron chi connectivity index (χ2n) is 6.37. The van der Waals surface area contributed by atoms with Gasteiger partial charge in [0, 0.05) is 0 Å². The Balaban J connectivity index is 3.13. The van der Waals surface area contributed by atoms with E-state index < -0.39 is 0 Å². The van der Waals surface area contributed by atoms with Crippen molar-refractivity contribution in [1.29, 1.82) is 0 Å². The molecule has 0 aliphatic heterocycles. The van der Waals surface area contributed by atoms with Crippen LogP contribution in [0.3, 0.4) is 0 Å². The van der Waals surface area contributed by atoms with E-state index in [-0.39, 0.29) is 4.08 Å². The first kappa shape index (κ1) is 20.7. The fourth-order valence-electron chi connectivity index (χ4n) is 2.77. The van der Waals surface area contributed by atoms with Crippen molar-refractivity contribution in [2.24, 2.45) is 0 Å². The van der Waals surface area contributed by atoms with Gasteiger partial charge in [-0.3, -0.25) is 0 Å². The van der Waals surface area contributed by atoms with Crippen molar-refractivity contribution in [3.05, 3.63) is 0 Å². The van der Waals surface area contributed by atoms with Crippen LogP contribution >= 0.6 is 25.3 Å². The van der Waals surface area contributed by atoms with Crippen LogP contribution in [0.5, 0.6) is 0 Å². The summed E-state index contributed by atoms with van der Waals surface area (Å²) in [5, 5.41) is 0. The molecule has 0 nitrogen and oxygen atoms in total. The van der Waals surface area contributed by atoms with E-state index in [1.165, 1.54) is 83.5 Å². The maximum atomic E-state index is 4.64. The predicted molar refractivity (Wildman–Crippen MR) is 101 cm³/mol. The van der Waals surface area contributed by atoms with Gasteiger partial charge in [0.1, 0.15) is 0 Å². The first-order valence-electron chi connectivity index (χ1n) is 9.07. The smallest absolute Gasteiger partial charge is 0.0551 e. The third-order valence-corrected chi connectivity index (χ3v) is 4.98. The lowest BCUT2D eigenvalue weighted by Crippen LogP contribution is -2.12. The van der Waals surface area contributed by atoms with E-state index in [1.807, 2.05) is 0 Å². The highest BCUT2D eigenvalue weighted by atomic mass is 32.2. The lowest BCUT2D eigenvalue weighted by atomic mass is 10.0. The fraction of sp³-hybridized carbons (Fsp3) is 1.00. The molecule has 0 amide bonds. The van der Waals surface area contributed by atoms with Crippen LogP contribution in [0.25, 0.3) is 0 Å². The first-order chi connectivity index (χ1) is 9.62. The molecule has 0 radical (unpaired) electrons. The number of rotatable bonds is 15. The lowest BCUT2D eigenvalue weighted by molar-refractivity contribution is 0.529. The number of thiol groups is 2. The maximum absolute atomic E-state index is 4.64. The summed E-state index contributed by atoms with van der Waals surface area (Å²) in [6, 6.07) is 0. The van der Waals surface area contributed by atoms with E-state index in [0.29, 0.717) is 0 Å². The van der Waals surface area contributed by atoms with Gasteiger partial charge in [0.15, 0.2) is 0 Å². The Bertz CT molecular complexity index is 190. The highest BCUT2D eigenvalue weighted by molar-refractivity contribution is 8.00. The van der Waals surface area contributed by atoms with Gasteiger partial charge in [-0.25, -0.2) is 0 Å². The Morgan fingerprint density at radius 1 is 0.500 bits per heavy atom. The summed E-state index contributed by atoms with van der Waals surface area (Å²) >= 11 is 9.27. The minimum atomic E-state index is -0.0206. The molecule has 0 bridgehead atoms. The molecule has 0 rings (SSSR count). The molecule has 20 heavy (non-hydrogen) atoms. The molecule has 0 spiro atoms. The van der Waals surface area contributed by atoms with Gasteiger partial charge in [-0.1, -0.05) is 97.3 Å². The van der Waals surface area contributed by atoms with Crippen LogP contribution in [0.15, 0.2) is 0 Å². The van der Waals surface area contributed by atoms with Gasteiger partial charge in [-0.05, 0) is 12.8 Å². The number of hydrogen-bond donors (Lipinski definition) is 2. The molecule has 0 aliphatic rings. The normalized spacial score (nSPS) is 12.0. The van der Waals surface area contributed by atoms with Crippen molar-refractivity contribution in [3.8, 4) is 0 Å². The Hall–Kier alpha value is 0.700. The Morgan fingerprint density at radius 3 is 1.30 bits per heavy atom. The Labute approximate surface area is 139 Å². The van der Waals surface area contributed by atoms with Gasteiger partial charge in [0.25, 0.3) is 0 Å². The van der Waals surface area contributed by atoms with Gasteiger partial charge in [-0.2, -0.15) is 25.3 Å². The summed E-state index contributed by atoms with van der Waals surface area (Å²) in [4.78, 5) is 0. The van der Waals surface area contributed by atoms with Crippen LogP contribution in [0.1, 0.15) is 110 Å². The highest BCUT2D eigenvalue weighted by Crippen LogP contribution is 2.31. The quantitative estimate of drug-likeness (QED) is 0.175. The molecule has 0 heterocycles. The zero-order valence-corrected chi connectivity index (χ0v) is 15.8. The average molecular weight is 319 g/mol. The Morgan fingerprint density at radius 2 is 0.900 bits per heavy atom. The molecule has 0 atom stereocenters. The molecule has 0 aromatic rings. The highest BCUT2D eigenvalue weighted by Gasteiger charge is 2.17. The molecule has 0 fully saturated rings. The number of unbranched alkanes of at least 4 members (excludes halogenated alkanes) is 11. The van der Waals surface area contributed by atoms with E-state index >= 15 is 0 Å². The topological polar surface area (TPSA) is 0 Å². The maximum Gasteiger partial charge on any atom is 0.0551 e. The molecule has 0 N–H and O–H groups in total. The van der Waals surface area contributed by atoms with E-state index in [2.05, 4.69) is 39.1 Å². The molecule has 0 aromatic heterocycles. The van der Waals surface area contributed by atoms with E-state index in [4.69, 9.17) is 0 Å². The average Bonchev–Trinajstić information content (AvgIpc) is 2.40. The molecular formula is C18H38S2. The molecule has 0 saturated carbocycles. The van der Waals surface area contributed by atoms with Crippen LogP contribution < -0.4 is 0 Å². The van der Waals surface area contributed by atoms with E-state index in [0.717, 1.165) is 12.8 Å². The molecule has 0 aromatic carbocycles. The van der Waals surface area contributed by atoms with Gasteiger partial charge < -0.3 is 0 Å². The number of hydrogen-bond acceptors (Lipinski definition) is 2. The standard InChI is InChI=1S/C18H38S2/c1-3-5-6-7-8-9-10-11-12-13-14-15-17-18(19,20)16-4-2/h19-20H,3-17H2,1-2H3. The van der Waals surface area contributed by atoms with Crippen LogP contribution in [0, 0.1) is 0 Å². The van der Waals surface area contributed by atoms with Crippen molar-refractivity contribution in [2.75, 3.05) is 0 Å². The zero-order chi connectivity index (χ0) is 15.1. The van der Waals surface area contributed by atoms with Crippen molar-refractivity contribution >= 4 is 25.3 Å². The summed E-state index contributed by atoms with van der Waals surface area (Å²) in [6.07, 6.45) is 20.4. The van der Waals surface area contributed by atoms with Crippen molar-refractivity contribution in [1.82, 2.24) is 0 Å². The summed E-state index contributed by atoms with van der Waals surface area (Å²) in [5.74, 6) is 0. The lowest BCUT2D eigenvalue weighted by Gasteiger charge is -2.21. The molecule has 0 saturated heterocycles. The van der Waals surface area contributed by atoms with Crippen molar-refractivity contribution < 1.29 is 0 Å². The molecular weight excluding hydrogens is 280 g/mol. The zero-order valence-electron chi connectivity index (χ0n) is 14.0. The minimum Gasteiger partial charge on any atom is -0.162 e. The summed E-state index contributed by atoms with van der Waals surface area (Å²) in [6.45, 7) is 4.50. The van der Waals surface area contributed by atoms with Crippen LogP contribution in [0.2, 0.25) is 0 Å². The summed E-state index contributed by atoms with van der Waals surface area (Å²) in [5.41, 5.74) is 0. The van der Waals surface area contributed by atoms with Crippen LogP contribution in [-0.2, 0) is 0 Å². The SMILES string of the molecule is CCCCCCCCCCCCCCC(S)(S)CCC. The molecule has 122 valence electrons. The van der Waals surface area contributed by atoms with Crippen molar-refractivity contribution in [3.63, 3.8) is 0 Å². The van der Waals surface area contributed by atoms with Crippen molar-refractivity contribution in [2.45, 2.75) is 114 Å². The van der Waals surface area contributed by atoms with Gasteiger partial charge in [0.2, 0.25) is 0 Å². The van der Waals surface area contributed by atoms with Crippen LogP contribution in [-0.4, -0.2) is 4.08 Å². The second-order valence-corrected chi connectivity index (χ2v) is 8.44. The Kier molecular flexibility index (Phi) is 15.1. The molecule has 2 heteroatoms. The molecule has 0 unspecified atom stereocenters. The first-order valence-corrected chi connectivity index (χ1v) is 9.96. The third-order valence-electron chi connectivity index (χ3n) is 4.08. The third kappa shape index (κ3) is 15.1. The van der Waals surface area contributed by atoms with Gasteiger partial charge in [0.05, 0.1) is 4.08 Å². The van der Waals surface area contributed by atoms with Crippen LogP contribution in [0.4, 0.5) is 0 Å². The van der Waals surface area contributed by atoms with E-state index in [9.17, 15) is 0 Å². The minimum absolute atomic E-state index is 0.0206. The summed E-state index contributed by atoms with van der Waals surface area (Å²) in [7, 11) is 0. The van der Waals surface area contributed by atoms with E-state index in [1.54, 1.807) is 0 Å². The van der Waals surface area contributed by atoms with Gasteiger partial charge in [-0.15, -0.1) is 0 Å². The predicted octanol–water partition coefficient (Wildman–Crippen LogP) is 7.43. The molecule has 0 aliphatic carbocycles. The fourth-order valence-corrected chi connectivity index (χ4v) is 3.54. The monoisotopic (exact) mass is 318 g/mol. The largest absolute Gasteiger partial charge is 0.162 e. The second kappa shape index (κ2) is 14.6. The summed E-state index contributed by atoms with van der Waals surface area (Å²) < 4.78 is -0.0206.